The van der Waals surface area contributed by atoms with Gasteiger partial charge in [-0.3, -0.25) is 9.59 Å². The number of aromatic nitrogens is 1. The Labute approximate surface area is 196 Å². The van der Waals surface area contributed by atoms with Crippen molar-refractivity contribution in [2.75, 3.05) is 13.2 Å². The lowest BCUT2D eigenvalue weighted by Crippen LogP contribution is -2.26. The second-order valence-electron chi connectivity index (χ2n) is 9.34. The highest BCUT2D eigenvalue weighted by Crippen LogP contribution is 2.27. The fraction of sp³-hybridized carbons (Fsp3) is 0.429. The number of pyridine rings is 1. The van der Waals surface area contributed by atoms with E-state index in [2.05, 4.69) is 0 Å². The number of nitrogens with zero attached hydrogens (tertiary/aromatic N) is 1. The average molecular weight is 450 g/mol. The monoisotopic (exact) mass is 449 g/mol. The molecule has 0 fully saturated rings. The van der Waals surface area contributed by atoms with E-state index in [1.807, 2.05) is 93.8 Å². The van der Waals surface area contributed by atoms with Gasteiger partial charge >= 0.3 is 5.97 Å². The second-order valence-corrected chi connectivity index (χ2v) is 9.34. The van der Waals surface area contributed by atoms with E-state index in [0.29, 0.717) is 18.8 Å². The van der Waals surface area contributed by atoms with Crippen LogP contribution in [0.15, 0.2) is 59.4 Å². The summed E-state index contributed by atoms with van der Waals surface area (Å²) in [6.45, 7) is 10.8. The van der Waals surface area contributed by atoms with Gasteiger partial charge in [0.2, 0.25) is 0 Å². The molecule has 1 heterocycles. The fourth-order valence-electron chi connectivity index (χ4n) is 3.65. The minimum absolute atomic E-state index is 0.0122. The molecule has 2 aromatic carbocycles. The Kier molecular flexibility index (Phi) is 7.96. The molecule has 0 N–H and O–H groups in total. The predicted octanol–water partition coefficient (Wildman–Crippen LogP) is 6.39. The number of rotatable bonds is 10. The van der Waals surface area contributed by atoms with Crippen LogP contribution in [0.2, 0.25) is 0 Å². The number of ether oxygens (including phenoxy) is 2. The van der Waals surface area contributed by atoms with Crippen molar-refractivity contribution < 1.29 is 14.3 Å². The van der Waals surface area contributed by atoms with E-state index >= 15 is 0 Å². The molecule has 0 amide bonds. The molecule has 0 aliphatic heterocycles. The maximum atomic E-state index is 13.2. The molecule has 0 unspecified atom stereocenters. The standard InChI is InChI=1S/C28H35NO4/c1-6-28(4,5)27(31)33-17-11-10-16-32-23-14-15-25-22(18-23)19-24(21-12-8-7-9-13-21)26(30)29(25)20(2)3/h7-9,12-15,18-20H,6,10-11,16-17H2,1-5H3. The molecule has 0 saturated carbocycles. The Morgan fingerprint density at radius 2 is 1.70 bits per heavy atom. The molecule has 176 valence electrons. The first kappa shape index (κ1) is 24.6. The molecule has 0 aliphatic rings. The van der Waals surface area contributed by atoms with Crippen LogP contribution in [0, 0.1) is 5.41 Å². The Balaban J connectivity index is 1.70. The van der Waals surface area contributed by atoms with Crippen molar-refractivity contribution in [1.82, 2.24) is 4.57 Å². The minimum Gasteiger partial charge on any atom is -0.494 e. The van der Waals surface area contributed by atoms with Crippen molar-refractivity contribution >= 4 is 16.9 Å². The zero-order valence-corrected chi connectivity index (χ0v) is 20.4. The van der Waals surface area contributed by atoms with E-state index in [0.717, 1.165) is 41.5 Å². The molecule has 0 radical (unpaired) electrons. The van der Waals surface area contributed by atoms with E-state index in [9.17, 15) is 9.59 Å². The Morgan fingerprint density at radius 1 is 1.00 bits per heavy atom. The van der Waals surface area contributed by atoms with Gasteiger partial charge < -0.3 is 14.0 Å². The van der Waals surface area contributed by atoms with Crippen molar-refractivity contribution in [3.8, 4) is 16.9 Å². The van der Waals surface area contributed by atoms with Crippen LogP contribution in [0.25, 0.3) is 22.0 Å². The maximum Gasteiger partial charge on any atom is 0.311 e. The van der Waals surface area contributed by atoms with Gasteiger partial charge in [0, 0.05) is 17.0 Å². The first-order valence-electron chi connectivity index (χ1n) is 11.8. The van der Waals surface area contributed by atoms with Crippen LogP contribution < -0.4 is 10.3 Å². The Bertz CT molecular complexity index is 1150. The number of hydrogen-bond donors (Lipinski definition) is 0. The third kappa shape index (κ3) is 5.84. The van der Waals surface area contributed by atoms with Crippen LogP contribution in [0.5, 0.6) is 5.75 Å². The van der Waals surface area contributed by atoms with E-state index in [1.165, 1.54) is 0 Å². The molecule has 3 rings (SSSR count). The van der Waals surface area contributed by atoms with Gasteiger partial charge in [0.05, 0.1) is 24.1 Å². The van der Waals surface area contributed by atoms with E-state index < -0.39 is 5.41 Å². The van der Waals surface area contributed by atoms with E-state index in [1.54, 1.807) is 0 Å². The van der Waals surface area contributed by atoms with Gasteiger partial charge in [0.25, 0.3) is 5.56 Å². The van der Waals surface area contributed by atoms with Gasteiger partial charge in [0.15, 0.2) is 0 Å². The van der Waals surface area contributed by atoms with Crippen LogP contribution in [0.4, 0.5) is 0 Å². The van der Waals surface area contributed by atoms with Crippen molar-refractivity contribution in [3.05, 3.63) is 65.0 Å². The summed E-state index contributed by atoms with van der Waals surface area (Å²) in [5, 5.41) is 0.968. The highest BCUT2D eigenvalue weighted by Gasteiger charge is 2.26. The SMILES string of the molecule is CCC(C)(C)C(=O)OCCCCOc1ccc2c(c1)cc(-c1ccccc1)c(=O)n2C(C)C. The summed E-state index contributed by atoms with van der Waals surface area (Å²) in [4.78, 5) is 25.2. The number of benzene rings is 2. The van der Waals surface area contributed by atoms with Gasteiger partial charge in [-0.1, -0.05) is 37.3 Å². The Hall–Kier alpha value is -3.08. The molecular formula is C28H35NO4. The quantitative estimate of drug-likeness (QED) is 0.266. The summed E-state index contributed by atoms with van der Waals surface area (Å²) in [5.41, 5.74) is 2.07. The molecule has 0 aliphatic carbocycles. The molecule has 3 aromatic rings. The Morgan fingerprint density at radius 3 is 2.36 bits per heavy atom. The van der Waals surface area contributed by atoms with E-state index in [-0.39, 0.29) is 17.6 Å². The van der Waals surface area contributed by atoms with Crippen molar-refractivity contribution in [3.63, 3.8) is 0 Å². The molecule has 5 heteroatoms. The van der Waals surface area contributed by atoms with Crippen LogP contribution in [-0.2, 0) is 9.53 Å². The highest BCUT2D eigenvalue weighted by atomic mass is 16.5. The van der Waals surface area contributed by atoms with Crippen LogP contribution in [0.1, 0.15) is 59.9 Å². The molecule has 0 atom stereocenters. The van der Waals surface area contributed by atoms with Crippen LogP contribution in [-0.4, -0.2) is 23.8 Å². The molecule has 0 saturated heterocycles. The fourth-order valence-corrected chi connectivity index (χ4v) is 3.65. The van der Waals surface area contributed by atoms with Crippen molar-refractivity contribution in [2.45, 2.75) is 59.9 Å². The summed E-state index contributed by atoms with van der Waals surface area (Å²) in [5.74, 6) is 0.616. The van der Waals surface area contributed by atoms with Gasteiger partial charge in [-0.05, 0) is 76.8 Å². The third-order valence-electron chi connectivity index (χ3n) is 6.09. The van der Waals surface area contributed by atoms with E-state index in [4.69, 9.17) is 9.47 Å². The lowest BCUT2D eigenvalue weighted by molar-refractivity contribution is -0.154. The molecule has 0 spiro atoms. The third-order valence-corrected chi connectivity index (χ3v) is 6.09. The molecule has 33 heavy (non-hydrogen) atoms. The normalized spacial score (nSPS) is 11.7. The second kappa shape index (κ2) is 10.7. The highest BCUT2D eigenvalue weighted by molar-refractivity contribution is 5.85. The summed E-state index contributed by atoms with van der Waals surface area (Å²) in [6, 6.07) is 17.6. The number of carbonyl (C=O) groups is 1. The number of fused-ring (bicyclic) bond motifs is 1. The van der Waals surface area contributed by atoms with Gasteiger partial charge in [-0.15, -0.1) is 0 Å². The van der Waals surface area contributed by atoms with Gasteiger partial charge in [-0.2, -0.15) is 0 Å². The average Bonchev–Trinajstić information content (AvgIpc) is 2.81. The summed E-state index contributed by atoms with van der Waals surface area (Å²) in [6.07, 6.45) is 2.30. The van der Waals surface area contributed by atoms with Crippen LogP contribution in [0.3, 0.4) is 0 Å². The van der Waals surface area contributed by atoms with Gasteiger partial charge in [0.1, 0.15) is 5.75 Å². The first-order valence-corrected chi connectivity index (χ1v) is 11.8. The minimum atomic E-state index is -0.434. The topological polar surface area (TPSA) is 57.5 Å². The van der Waals surface area contributed by atoms with Crippen LogP contribution >= 0.6 is 0 Å². The predicted molar refractivity (Wildman–Crippen MR) is 134 cm³/mol. The lowest BCUT2D eigenvalue weighted by Gasteiger charge is -2.20. The number of esters is 1. The summed E-state index contributed by atoms with van der Waals surface area (Å²) >= 11 is 0. The summed E-state index contributed by atoms with van der Waals surface area (Å²) < 4.78 is 13.2. The molecule has 0 bridgehead atoms. The molecule has 5 nitrogen and oxygen atoms in total. The lowest BCUT2D eigenvalue weighted by atomic mass is 9.91. The molecule has 1 aromatic heterocycles. The van der Waals surface area contributed by atoms with Crippen molar-refractivity contribution in [2.24, 2.45) is 5.41 Å². The smallest absolute Gasteiger partial charge is 0.311 e. The number of hydrogen-bond acceptors (Lipinski definition) is 4. The zero-order valence-electron chi connectivity index (χ0n) is 20.4. The maximum absolute atomic E-state index is 13.2. The number of carbonyl (C=O) groups excluding carboxylic acids is 1. The molecular weight excluding hydrogens is 414 g/mol. The largest absolute Gasteiger partial charge is 0.494 e. The number of unbranched alkanes of at least 4 members (excludes halogenated alkanes) is 1. The van der Waals surface area contributed by atoms with Gasteiger partial charge in [-0.25, -0.2) is 0 Å². The zero-order chi connectivity index (χ0) is 24.0. The first-order chi connectivity index (χ1) is 15.7. The van der Waals surface area contributed by atoms with Crippen molar-refractivity contribution in [1.29, 1.82) is 0 Å². The summed E-state index contributed by atoms with van der Waals surface area (Å²) in [7, 11) is 0.